The maximum atomic E-state index is 8.55. The number of furan rings is 1. The highest BCUT2D eigenvalue weighted by Crippen LogP contribution is 2.60. The fourth-order valence-electron chi connectivity index (χ4n) is 11.2. The summed E-state index contributed by atoms with van der Waals surface area (Å²) in [6, 6.07) is 36.5. The average Bonchev–Trinajstić information content (AvgIpc) is 3.68. The van der Waals surface area contributed by atoms with Gasteiger partial charge in [0, 0.05) is 26.6 Å². The van der Waals surface area contributed by atoms with E-state index in [1.807, 2.05) is 18.2 Å². The SMILES string of the molecule is [2H]C([2H])([2H])c1cnc(-c2cccc3c2oc2cc4c(ccc5ccccc54)cc23)cc1-c1ccc(-c2c3c(cc4c2C(C)(C)CC4(C)C)C(C)(C)CC3(C)C)cc1. The molecule has 0 bridgehead atoms. The van der Waals surface area contributed by atoms with Crippen molar-refractivity contribution in [2.75, 3.05) is 0 Å². The minimum atomic E-state index is -2.35. The molecule has 2 heteroatoms. The molecule has 0 amide bonds. The molecule has 0 unspecified atom stereocenters. The number of aryl methyl sites for hydroxylation is 1. The van der Waals surface area contributed by atoms with E-state index in [0.29, 0.717) is 11.3 Å². The van der Waals surface area contributed by atoms with Crippen molar-refractivity contribution in [2.45, 2.75) is 96.7 Å². The molecule has 0 radical (unpaired) electrons. The first-order chi connectivity index (χ1) is 26.8. The minimum absolute atomic E-state index is 0.0112. The van der Waals surface area contributed by atoms with Gasteiger partial charge in [-0.2, -0.15) is 0 Å². The van der Waals surface area contributed by atoms with Crippen molar-refractivity contribution >= 4 is 43.5 Å². The number of benzene rings is 6. The van der Waals surface area contributed by atoms with Crippen LogP contribution in [0.3, 0.4) is 0 Å². The predicted octanol–water partition coefficient (Wildman–Crippen LogP) is 14.5. The van der Waals surface area contributed by atoms with Gasteiger partial charge in [0.2, 0.25) is 0 Å². The number of hydrogen-bond acceptors (Lipinski definition) is 2. The van der Waals surface area contributed by atoms with Crippen molar-refractivity contribution in [3.05, 3.63) is 137 Å². The summed E-state index contributed by atoms with van der Waals surface area (Å²) in [6.45, 7) is 16.9. The number of aromatic nitrogens is 1. The van der Waals surface area contributed by atoms with Gasteiger partial charge in [0.15, 0.2) is 0 Å². The van der Waals surface area contributed by atoms with Crippen LogP contribution in [0.5, 0.6) is 0 Å². The predicted molar refractivity (Wildman–Crippen MR) is 229 cm³/mol. The van der Waals surface area contributed by atoms with Gasteiger partial charge in [-0.1, -0.05) is 134 Å². The first-order valence-corrected chi connectivity index (χ1v) is 19.5. The molecule has 0 N–H and O–H groups in total. The second-order valence-electron chi connectivity index (χ2n) is 18.8. The molecule has 0 fully saturated rings. The third kappa shape index (κ3) is 4.75. The van der Waals surface area contributed by atoms with Crippen LogP contribution in [0.4, 0.5) is 0 Å². The molecule has 0 aliphatic heterocycles. The zero-order valence-corrected chi connectivity index (χ0v) is 32.7. The third-order valence-electron chi connectivity index (χ3n) is 12.9. The quantitative estimate of drug-likeness (QED) is 0.171. The molecule has 2 aromatic heterocycles. The Kier molecular flexibility index (Phi) is 6.11. The van der Waals surface area contributed by atoms with E-state index in [-0.39, 0.29) is 27.2 Å². The van der Waals surface area contributed by atoms with Gasteiger partial charge in [-0.15, -0.1) is 0 Å². The molecule has 54 heavy (non-hydrogen) atoms. The van der Waals surface area contributed by atoms with Crippen molar-refractivity contribution in [3.8, 4) is 33.5 Å². The molecular weight excluding hydrogens is 655 g/mol. The average molecular weight is 707 g/mol. The highest BCUT2D eigenvalue weighted by Gasteiger charge is 2.50. The van der Waals surface area contributed by atoms with Crippen LogP contribution in [0.15, 0.2) is 114 Å². The number of hydrogen-bond donors (Lipinski definition) is 0. The van der Waals surface area contributed by atoms with E-state index >= 15 is 0 Å². The summed E-state index contributed by atoms with van der Waals surface area (Å²) in [5.41, 5.74) is 13.4. The van der Waals surface area contributed by atoms with Gasteiger partial charge in [-0.3, -0.25) is 4.98 Å². The lowest BCUT2D eigenvalue weighted by Gasteiger charge is -2.30. The van der Waals surface area contributed by atoms with Gasteiger partial charge in [-0.25, -0.2) is 0 Å². The number of rotatable bonds is 3. The van der Waals surface area contributed by atoms with E-state index in [4.69, 9.17) is 13.5 Å². The van der Waals surface area contributed by atoms with Crippen molar-refractivity contribution in [1.29, 1.82) is 0 Å². The first-order valence-electron chi connectivity index (χ1n) is 21.0. The smallest absolute Gasteiger partial charge is 0.144 e. The largest absolute Gasteiger partial charge is 0.455 e. The molecule has 2 heterocycles. The fraction of sp³-hybridized carbons (Fsp3) is 0.288. The summed E-state index contributed by atoms with van der Waals surface area (Å²) >= 11 is 0. The van der Waals surface area contributed by atoms with Crippen LogP contribution in [0.1, 0.15) is 100 Å². The summed E-state index contributed by atoms with van der Waals surface area (Å²) in [5.74, 6) is 0. The number of pyridine rings is 1. The van der Waals surface area contributed by atoms with Gasteiger partial charge in [-0.05, 0) is 137 Å². The van der Waals surface area contributed by atoms with Crippen molar-refractivity contribution < 1.29 is 8.53 Å². The summed E-state index contributed by atoms with van der Waals surface area (Å²) in [7, 11) is 0. The fourth-order valence-corrected chi connectivity index (χ4v) is 11.2. The van der Waals surface area contributed by atoms with Gasteiger partial charge in [0.25, 0.3) is 0 Å². The van der Waals surface area contributed by atoms with E-state index in [2.05, 4.69) is 140 Å². The van der Waals surface area contributed by atoms with Crippen LogP contribution < -0.4 is 0 Å². The summed E-state index contributed by atoms with van der Waals surface area (Å²) in [5, 5.41) is 6.74. The van der Waals surface area contributed by atoms with Crippen LogP contribution in [0.25, 0.3) is 77.0 Å². The molecular formula is C52H49NO. The van der Waals surface area contributed by atoms with Crippen molar-refractivity contribution in [1.82, 2.24) is 4.98 Å². The van der Waals surface area contributed by atoms with E-state index in [1.165, 1.54) is 44.2 Å². The Bertz CT molecular complexity index is 2940. The van der Waals surface area contributed by atoms with Crippen molar-refractivity contribution in [2.24, 2.45) is 0 Å². The lowest BCUT2D eigenvalue weighted by Crippen LogP contribution is -2.20. The van der Waals surface area contributed by atoms with Gasteiger partial charge in [0.1, 0.15) is 11.2 Å². The summed E-state index contributed by atoms with van der Waals surface area (Å²) in [4.78, 5) is 4.80. The molecule has 2 aliphatic rings. The molecule has 268 valence electrons. The van der Waals surface area contributed by atoms with E-state index in [1.54, 1.807) is 6.20 Å². The normalized spacial score (nSPS) is 18.9. The lowest BCUT2D eigenvalue weighted by atomic mass is 9.74. The van der Waals surface area contributed by atoms with Crippen LogP contribution in [-0.2, 0) is 21.7 Å². The monoisotopic (exact) mass is 706 g/mol. The molecule has 0 saturated carbocycles. The Morgan fingerprint density at radius 2 is 1.20 bits per heavy atom. The number of para-hydroxylation sites is 1. The zero-order chi connectivity index (χ0) is 40.0. The molecule has 0 saturated heterocycles. The Labute approximate surface area is 323 Å². The molecule has 0 spiro atoms. The molecule has 0 atom stereocenters. The Morgan fingerprint density at radius 1 is 0.556 bits per heavy atom. The van der Waals surface area contributed by atoms with Gasteiger partial charge in [0.05, 0.1) is 5.69 Å². The van der Waals surface area contributed by atoms with Crippen LogP contribution in [0, 0.1) is 6.85 Å². The van der Waals surface area contributed by atoms with E-state index < -0.39 is 6.85 Å². The maximum absolute atomic E-state index is 8.55. The zero-order valence-electron chi connectivity index (χ0n) is 35.7. The minimum Gasteiger partial charge on any atom is -0.455 e. The Balaban J connectivity index is 1.14. The van der Waals surface area contributed by atoms with Crippen LogP contribution >= 0.6 is 0 Å². The van der Waals surface area contributed by atoms with Crippen LogP contribution in [0.2, 0.25) is 0 Å². The number of nitrogens with zero attached hydrogens (tertiary/aromatic N) is 1. The van der Waals surface area contributed by atoms with Crippen molar-refractivity contribution in [3.63, 3.8) is 0 Å². The Morgan fingerprint density at radius 3 is 1.91 bits per heavy atom. The third-order valence-corrected chi connectivity index (χ3v) is 12.9. The van der Waals surface area contributed by atoms with E-state index in [0.717, 1.165) is 56.7 Å². The number of fused-ring (bicyclic) bond motifs is 8. The maximum Gasteiger partial charge on any atom is 0.144 e. The van der Waals surface area contributed by atoms with Gasteiger partial charge < -0.3 is 4.42 Å². The lowest BCUT2D eigenvalue weighted by molar-refractivity contribution is 0.396. The Hall–Kier alpha value is -5.21. The second kappa shape index (κ2) is 10.9. The van der Waals surface area contributed by atoms with Crippen LogP contribution in [-0.4, -0.2) is 4.98 Å². The summed E-state index contributed by atoms with van der Waals surface area (Å²) < 4.78 is 32.3. The highest BCUT2D eigenvalue weighted by atomic mass is 16.3. The summed E-state index contributed by atoms with van der Waals surface area (Å²) in [6.07, 6.45) is 3.73. The molecule has 10 rings (SSSR count). The first kappa shape index (κ1) is 30.2. The standard InChI is InChI=1S/C52H49NO/c1-30-27-53-43(37-16-12-15-36-40-23-34-22-19-31-13-10-11-14-35(31)39(34)25-44(40)54-48(36)37)24-38(30)32-17-20-33(21-18-32)45-46-41(49(2,3)28-51(46,6)7)26-42-47(45)52(8,9)29-50(42,4)5/h10-27H,28-29H2,1-9H3/i1D3. The van der Waals surface area contributed by atoms with E-state index in [9.17, 15) is 0 Å². The second-order valence-corrected chi connectivity index (χ2v) is 18.8. The molecule has 8 aromatic rings. The topological polar surface area (TPSA) is 26.0 Å². The highest BCUT2D eigenvalue weighted by molar-refractivity contribution is 6.17. The molecule has 2 nitrogen and oxygen atoms in total. The van der Waals surface area contributed by atoms with Gasteiger partial charge >= 0.3 is 0 Å². The molecule has 6 aromatic carbocycles. The molecule has 2 aliphatic carbocycles.